The Morgan fingerprint density at radius 2 is 1.32 bits per heavy atom. The van der Waals surface area contributed by atoms with Crippen molar-refractivity contribution in [1.29, 1.82) is 0 Å². The van der Waals surface area contributed by atoms with Gasteiger partial charge in [-0.2, -0.15) is 0 Å². The molecule has 3 nitrogen and oxygen atoms in total. The van der Waals surface area contributed by atoms with Gasteiger partial charge in [-0.15, -0.1) is 0 Å². The molecule has 1 atom stereocenters. The second-order valence-corrected chi connectivity index (χ2v) is 7.58. The van der Waals surface area contributed by atoms with Gasteiger partial charge in [-0.1, -0.05) is 90.9 Å². The fraction of sp³-hybridized carbons (Fsp3) is 0.864. The van der Waals surface area contributed by atoms with E-state index in [2.05, 4.69) is 13.8 Å². The molecule has 1 aliphatic heterocycles. The average molecular weight is 353 g/mol. The summed E-state index contributed by atoms with van der Waals surface area (Å²) < 4.78 is 5.15. The highest BCUT2D eigenvalue weighted by Crippen LogP contribution is 2.30. The quantitative estimate of drug-likeness (QED) is 0.242. The Labute approximate surface area is 155 Å². The summed E-state index contributed by atoms with van der Waals surface area (Å²) >= 11 is 0. The van der Waals surface area contributed by atoms with Gasteiger partial charge in [0.25, 0.3) is 0 Å². The monoisotopic (exact) mass is 352 g/mol. The van der Waals surface area contributed by atoms with Crippen LogP contribution in [-0.2, 0) is 9.53 Å². The van der Waals surface area contributed by atoms with Crippen LogP contribution in [0.25, 0.3) is 0 Å². The molecule has 1 aliphatic rings. The van der Waals surface area contributed by atoms with Crippen LogP contribution in [0.5, 0.6) is 0 Å². The summed E-state index contributed by atoms with van der Waals surface area (Å²) in [6.07, 6.45) is 18.1. The zero-order chi connectivity index (χ0) is 18.3. The standard InChI is InChI=1S/C22H40O3/c1-3-5-7-9-10-11-12-13-14-16-19(23)18-21-20(22(24)25-21)17-15-8-6-4-2/h19,23H,3-18H2,1-2H3/t19-/m0/s1. The van der Waals surface area contributed by atoms with Crippen LogP contribution in [0.1, 0.15) is 117 Å². The third kappa shape index (κ3) is 10.0. The van der Waals surface area contributed by atoms with E-state index >= 15 is 0 Å². The number of esters is 1. The van der Waals surface area contributed by atoms with Crippen molar-refractivity contribution in [3.63, 3.8) is 0 Å². The molecule has 1 heterocycles. The van der Waals surface area contributed by atoms with Gasteiger partial charge in [0.05, 0.1) is 11.7 Å². The van der Waals surface area contributed by atoms with Gasteiger partial charge in [-0.25, -0.2) is 4.79 Å². The Kier molecular flexibility index (Phi) is 12.8. The van der Waals surface area contributed by atoms with E-state index < -0.39 is 0 Å². The predicted molar refractivity (Wildman–Crippen MR) is 104 cm³/mol. The lowest BCUT2D eigenvalue weighted by Crippen LogP contribution is -2.25. The third-order valence-electron chi connectivity index (χ3n) is 5.14. The molecule has 3 heteroatoms. The Bertz CT molecular complexity index is 387. The minimum absolute atomic E-state index is 0.165. The molecule has 0 radical (unpaired) electrons. The first-order valence-electron chi connectivity index (χ1n) is 10.8. The van der Waals surface area contributed by atoms with Crippen LogP contribution in [0.4, 0.5) is 0 Å². The molecule has 146 valence electrons. The molecule has 25 heavy (non-hydrogen) atoms. The summed E-state index contributed by atoms with van der Waals surface area (Å²) in [5.41, 5.74) is 0.835. The minimum Gasteiger partial charge on any atom is -0.427 e. The molecule has 1 rings (SSSR count). The van der Waals surface area contributed by atoms with Gasteiger partial charge >= 0.3 is 5.97 Å². The van der Waals surface area contributed by atoms with Crippen molar-refractivity contribution in [2.75, 3.05) is 0 Å². The van der Waals surface area contributed by atoms with E-state index in [1.807, 2.05) is 0 Å². The molecule has 0 bridgehead atoms. The Balaban J connectivity index is 2.06. The molecular weight excluding hydrogens is 312 g/mol. The van der Waals surface area contributed by atoms with Gasteiger partial charge in [-0.05, 0) is 19.3 Å². The maximum absolute atomic E-state index is 11.6. The van der Waals surface area contributed by atoms with E-state index in [9.17, 15) is 9.90 Å². The van der Waals surface area contributed by atoms with E-state index in [-0.39, 0.29) is 12.1 Å². The number of aliphatic hydroxyl groups is 1. The van der Waals surface area contributed by atoms with Crippen molar-refractivity contribution < 1.29 is 14.6 Å². The van der Waals surface area contributed by atoms with E-state index in [0.29, 0.717) is 6.42 Å². The molecule has 0 aromatic heterocycles. The molecule has 0 aliphatic carbocycles. The number of unbranched alkanes of at least 4 members (excludes halogenated alkanes) is 11. The molecule has 1 N–H and O–H groups in total. The van der Waals surface area contributed by atoms with Gasteiger partial charge in [-0.3, -0.25) is 0 Å². The van der Waals surface area contributed by atoms with Crippen molar-refractivity contribution in [3.8, 4) is 0 Å². The molecule has 0 amide bonds. The van der Waals surface area contributed by atoms with Gasteiger partial charge in [0.15, 0.2) is 0 Å². The van der Waals surface area contributed by atoms with Crippen LogP contribution in [0.3, 0.4) is 0 Å². The SMILES string of the molecule is CCCCCCCCCCC[C@H](O)CC1=C(CCCCCC)C(=O)O1. The summed E-state index contributed by atoms with van der Waals surface area (Å²) in [4.78, 5) is 11.6. The number of carbonyl (C=O) groups excluding carboxylic acids is 1. The average Bonchev–Trinajstić information content (AvgIpc) is 2.59. The highest BCUT2D eigenvalue weighted by atomic mass is 16.6. The van der Waals surface area contributed by atoms with Gasteiger partial charge in [0, 0.05) is 6.42 Å². The molecule has 0 spiro atoms. The molecular formula is C22H40O3. The van der Waals surface area contributed by atoms with Crippen LogP contribution >= 0.6 is 0 Å². The van der Waals surface area contributed by atoms with E-state index in [0.717, 1.165) is 37.0 Å². The van der Waals surface area contributed by atoms with Crippen LogP contribution in [-0.4, -0.2) is 17.2 Å². The lowest BCUT2D eigenvalue weighted by Gasteiger charge is -2.24. The highest BCUT2D eigenvalue weighted by Gasteiger charge is 2.30. The Morgan fingerprint density at radius 1 is 0.800 bits per heavy atom. The Morgan fingerprint density at radius 3 is 1.88 bits per heavy atom. The molecule has 0 aromatic carbocycles. The van der Waals surface area contributed by atoms with Crippen molar-refractivity contribution >= 4 is 5.97 Å². The fourth-order valence-electron chi connectivity index (χ4n) is 3.44. The summed E-state index contributed by atoms with van der Waals surface area (Å²) in [6.45, 7) is 4.44. The topological polar surface area (TPSA) is 46.5 Å². The van der Waals surface area contributed by atoms with Crippen LogP contribution in [0, 0.1) is 0 Å². The predicted octanol–water partition coefficient (Wildman–Crippen LogP) is 6.44. The van der Waals surface area contributed by atoms with Crippen LogP contribution in [0.15, 0.2) is 11.3 Å². The lowest BCUT2D eigenvalue weighted by molar-refractivity contribution is -0.141. The van der Waals surface area contributed by atoms with Crippen molar-refractivity contribution in [3.05, 3.63) is 11.3 Å². The smallest absolute Gasteiger partial charge is 0.342 e. The summed E-state index contributed by atoms with van der Waals surface area (Å²) in [6, 6.07) is 0. The van der Waals surface area contributed by atoms with Crippen molar-refractivity contribution in [2.24, 2.45) is 0 Å². The maximum Gasteiger partial charge on any atom is 0.342 e. The van der Waals surface area contributed by atoms with Crippen LogP contribution < -0.4 is 0 Å². The Hall–Kier alpha value is -0.830. The molecule has 0 saturated carbocycles. The number of ether oxygens (including phenoxy) is 1. The zero-order valence-electron chi connectivity index (χ0n) is 16.7. The molecule has 0 aromatic rings. The second-order valence-electron chi connectivity index (χ2n) is 7.58. The third-order valence-corrected chi connectivity index (χ3v) is 5.14. The molecule has 0 saturated heterocycles. The highest BCUT2D eigenvalue weighted by molar-refractivity contribution is 5.95. The number of carbonyl (C=O) groups is 1. The normalized spacial score (nSPS) is 15.2. The second kappa shape index (κ2) is 14.4. The molecule has 0 fully saturated rings. The van der Waals surface area contributed by atoms with Crippen LogP contribution in [0.2, 0.25) is 0 Å². The first kappa shape index (κ1) is 22.2. The zero-order valence-corrected chi connectivity index (χ0v) is 16.7. The number of aliphatic hydroxyl groups excluding tert-OH is 1. The maximum atomic E-state index is 11.6. The van der Waals surface area contributed by atoms with E-state index in [1.54, 1.807) is 0 Å². The summed E-state index contributed by atoms with van der Waals surface area (Å²) in [5, 5.41) is 10.2. The summed E-state index contributed by atoms with van der Waals surface area (Å²) in [5.74, 6) is 0.590. The number of cyclic esters (lactones) is 1. The number of hydrogen-bond acceptors (Lipinski definition) is 3. The van der Waals surface area contributed by atoms with Gasteiger partial charge in [0.1, 0.15) is 5.76 Å². The van der Waals surface area contributed by atoms with E-state index in [1.165, 1.54) is 70.6 Å². The lowest BCUT2D eigenvalue weighted by atomic mass is 9.97. The van der Waals surface area contributed by atoms with Gasteiger partial charge < -0.3 is 9.84 Å². The van der Waals surface area contributed by atoms with E-state index in [4.69, 9.17) is 4.74 Å². The van der Waals surface area contributed by atoms with Crippen molar-refractivity contribution in [1.82, 2.24) is 0 Å². The number of hydrogen-bond donors (Lipinski definition) is 1. The van der Waals surface area contributed by atoms with Crippen molar-refractivity contribution in [2.45, 2.75) is 123 Å². The summed E-state index contributed by atoms with van der Waals surface area (Å²) in [7, 11) is 0. The first-order chi connectivity index (χ1) is 12.2. The number of rotatable bonds is 17. The minimum atomic E-state index is -0.363. The van der Waals surface area contributed by atoms with Gasteiger partial charge in [0.2, 0.25) is 0 Å². The fourth-order valence-corrected chi connectivity index (χ4v) is 3.44. The largest absolute Gasteiger partial charge is 0.427 e. The first-order valence-corrected chi connectivity index (χ1v) is 10.8. The molecule has 0 unspecified atom stereocenters.